The van der Waals surface area contributed by atoms with Gasteiger partial charge in [0.1, 0.15) is 11.8 Å². The summed E-state index contributed by atoms with van der Waals surface area (Å²) in [6, 6.07) is 17.8. The van der Waals surface area contributed by atoms with Crippen LogP contribution < -0.4 is 0 Å². The van der Waals surface area contributed by atoms with Gasteiger partial charge in [-0.3, -0.25) is 4.79 Å². The van der Waals surface area contributed by atoms with Crippen LogP contribution in [-0.2, 0) is 27.3 Å². The minimum Gasteiger partial charge on any atom is -0.508 e. The van der Waals surface area contributed by atoms with Crippen molar-refractivity contribution in [1.82, 2.24) is 19.7 Å². The molecule has 0 aliphatic heterocycles. The molecule has 1 N–H and O–H groups in total. The van der Waals surface area contributed by atoms with Crippen LogP contribution in [0.2, 0.25) is 5.02 Å². The van der Waals surface area contributed by atoms with Crippen LogP contribution in [0.5, 0.6) is 5.75 Å². The number of benzene rings is 2. The highest BCUT2D eigenvalue weighted by atomic mass is 35.5. The van der Waals surface area contributed by atoms with Crippen molar-refractivity contribution in [1.29, 1.82) is 0 Å². The number of carbonyl (C=O) groups excluding carboxylic acids is 2. The Morgan fingerprint density at radius 3 is 2.51 bits per heavy atom. The number of rotatable bonds is 9. The molecule has 0 fully saturated rings. The molecule has 0 saturated carbocycles. The Kier molecular flexibility index (Phi) is 7.57. The van der Waals surface area contributed by atoms with Gasteiger partial charge < -0.3 is 19.1 Å². The molecular formula is C28H23ClN4O6. The van der Waals surface area contributed by atoms with Crippen molar-refractivity contribution in [2.24, 2.45) is 0 Å². The molecular weight excluding hydrogens is 524 g/mol. The van der Waals surface area contributed by atoms with Crippen LogP contribution in [0.3, 0.4) is 0 Å². The predicted octanol–water partition coefficient (Wildman–Crippen LogP) is 4.71. The molecule has 3 aromatic heterocycles. The van der Waals surface area contributed by atoms with E-state index in [0.717, 1.165) is 11.1 Å². The van der Waals surface area contributed by atoms with E-state index in [9.17, 15) is 14.7 Å². The van der Waals surface area contributed by atoms with Crippen LogP contribution in [0.4, 0.5) is 0 Å². The lowest BCUT2D eigenvalue weighted by molar-refractivity contribution is -0.177. The van der Waals surface area contributed by atoms with Gasteiger partial charge in [0.15, 0.2) is 11.3 Å². The summed E-state index contributed by atoms with van der Waals surface area (Å²) in [4.78, 5) is 36.2. The first-order valence-corrected chi connectivity index (χ1v) is 12.3. The monoisotopic (exact) mass is 546 g/mol. The molecule has 0 amide bonds. The Bertz CT molecular complexity index is 1580. The second kappa shape index (κ2) is 11.4. The zero-order chi connectivity index (χ0) is 27.4. The highest BCUT2D eigenvalue weighted by Crippen LogP contribution is 2.22. The van der Waals surface area contributed by atoms with E-state index in [1.807, 2.05) is 12.1 Å². The van der Waals surface area contributed by atoms with E-state index in [1.54, 1.807) is 42.5 Å². The van der Waals surface area contributed by atoms with E-state index in [2.05, 4.69) is 10.1 Å². The highest BCUT2D eigenvalue weighted by Gasteiger charge is 2.32. The average Bonchev–Trinajstić information content (AvgIpc) is 3.62. The molecule has 0 aliphatic carbocycles. The maximum Gasteiger partial charge on any atom is 0.377 e. The maximum absolute atomic E-state index is 13.3. The van der Waals surface area contributed by atoms with Crippen LogP contribution >= 0.6 is 11.6 Å². The number of esters is 1. The molecule has 5 rings (SSSR count). The van der Waals surface area contributed by atoms with Gasteiger partial charge in [-0.25, -0.2) is 14.3 Å². The first-order valence-electron chi connectivity index (χ1n) is 11.9. The molecule has 0 unspecified atom stereocenters. The fourth-order valence-electron chi connectivity index (χ4n) is 3.97. The number of aromatic nitrogens is 3. The molecule has 10 nitrogen and oxygen atoms in total. The topological polar surface area (TPSA) is 119 Å². The SMILES string of the molecule is COC(=O)[C@H](Cc1ccc(O)cc1)N(Cc1ccoc1)OC(=O)c1cn2nc(-c3ccc(Cl)cc3)ccc2n1. The van der Waals surface area contributed by atoms with Gasteiger partial charge >= 0.3 is 11.9 Å². The van der Waals surface area contributed by atoms with Crippen LogP contribution in [0, 0.1) is 0 Å². The van der Waals surface area contributed by atoms with Crippen LogP contribution in [0.1, 0.15) is 21.6 Å². The lowest BCUT2D eigenvalue weighted by Gasteiger charge is -2.27. The maximum atomic E-state index is 13.3. The van der Waals surface area contributed by atoms with Gasteiger partial charge in [0, 0.05) is 22.6 Å². The largest absolute Gasteiger partial charge is 0.508 e. The van der Waals surface area contributed by atoms with Gasteiger partial charge in [0.05, 0.1) is 38.1 Å². The normalized spacial score (nSPS) is 12.0. The number of fused-ring (bicyclic) bond motifs is 1. The van der Waals surface area contributed by atoms with E-state index < -0.39 is 18.0 Å². The summed E-state index contributed by atoms with van der Waals surface area (Å²) in [6.07, 6.45) is 4.58. The van der Waals surface area contributed by atoms with Gasteiger partial charge in [-0.05, 0) is 48.0 Å². The molecule has 0 bridgehead atoms. The predicted molar refractivity (Wildman–Crippen MR) is 141 cm³/mol. The first kappa shape index (κ1) is 26.0. The Morgan fingerprint density at radius 2 is 1.82 bits per heavy atom. The Labute approximate surface area is 227 Å². The number of phenolic OH excluding ortho intramolecular Hbond substituents is 1. The zero-order valence-electron chi connectivity index (χ0n) is 20.7. The van der Waals surface area contributed by atoms with Gasteiger partial charge in [-0.1, -0.05) is 35.9 Å². The van der Waals surface area contributed by atoms with Crippen LogP contribution in [0.25, 0.3) is 16.9 Å². The van der Waals surface area contributed by atoms with Gasteiger partial charge in [0.25, 0.3) is 0 Å². The fraction of sp³-hybridized carbons (Fsp3) is 0.143. The van der Waals surface area contributed by atoms with E-state index >= 15 is 0 Å². The number of aromatic hydroxyl groups is 1. The molecule has 39 heavy (non-hydrogen) atoms. The molecule has 0 radical (unpaired) electrons. The summed E-state index contributed by atoms with van der Waals surface area (Å²) in [5, 5.41) is 16.0. The summed E-state index contributed by atoms with van der Waals surface area (Å²) in [5.41, 5.74) is 3.35. The number of hydrogen-bond donors (Lipinski definition) is 1. The lowest BCUT2D eigenvalue weighted by atomic mass is 10.1. The molecule has 198 valence electrons. The third-order valence-electron chi connectivity index (χ3n) is 5.97. The second-order valence-electron chi connectivity index (χ2n) is 8.65. The van der Waals surface area contributed by atoms with Gasteiger partial charge in [-0.15, -0.1) is 5.06 Å². The smallest absolute Gasteiger partial charge is 0.377 e. The third kappa shape index (κ3) is 6.08. The Hall–Kier alpha value is -4.67. The number of furan rings is 1. The van der Waals surface area contributed by atoms with Gasteiger partial charge in [-0.2, -0.15) is 5.10 Å². The average molecular weight is 547 g/mol. The van der Waals surface area contributed by atoms with Crippen molar-refractivity contribution < 1.29 is 28.7 Å². The lowest BCUT2D eigenvalue weighted by Crippen LogP contribution is -2.44. The number of imidazole rings is 1. The molecule has 5 aromatic rings. The number of ether oxygens (including phenoxy) is 1. The molecule has 1 atom stereocenters. The third-order valence-corrected chi connectivity index (χ3v) is 6.23. The summed E-state index contributed by atoms with van der Waals surface area (Å²) >= 11 is 5.99. The van der Waals surface area contributed by atoms with E-state index in [1.165, 1.54) is 47.5 Å². The van der Waals surface area contributed by atoms with Crippen LogP contribution in [-0.4, -0.2) is 49.9 Å². The molecule has 0 spiro atoms. The first-order chi connectivity index (χ1) is 18.9. The van der Waals surface area contributed by atoms with Crippen molar-refractivity contribution in [2.75, 3.05) is 7.11 Å². The summed E-state index contributed by atoms with van der Waals surface area (Å²) in [6.45, 7) is 0.0480. The van der Waals surface area contributed by atoms with Crippen molar-refractivity contribution in [2.45, 2.75) is 19.0 Å². The molecule has 0 aliphatic rings. The minimum atomic E-state index is -0.995. The fourth-order valence-corrected chi connectivity index (χ4v) is 4.10. The number of hydrogen-bond acceptors (Lipinski definition) is 9. The summed E-state index contributed by atoms with van der Waals surface area (Å²) in [7, 11) is 1.26. The number of carbonyl (C=O) groups is 2. The molecule has 2 aromatic carbocycles. The van der Waals surface area contributed by atoms with Crippen molar-refractivity contribution in [3.63, 3.8) is 0 Å². The standard InChI is InChI=1S/C28H23ClN4O6/c1-37-28(36)25(14-18-2-8-22(34)9-3-18)33(15-19-12-13-38-17-19)39-27(35)24-16-32-26(30-24)11-10-23(31-32)20-4-6-21(29)7-5-20/h2-13,16-17,25,34H,14-15H2,1H3/t25-/m0/s1. The van der Waals surface area contributed by atoms with Crippen molar-refractivity contribution in [3.05, 3.63) is 107 Å². The zero-order valence-corrected chi connectivity index (χ0v) is 21.5. The van der Waals surface area contributed by atoms with Crippen molar-refractivity contribution in [3.8, 4) is 17.0 Å². The molecule has 0 saturated heterocycles. The quantitative estimate of drug-likeness (QED) is 0.207. The van der Waals surface area contributed by atoms with E-state index in [0.29, 0.717) is 21.9 Å². The highest BCUT2D eigenvalue weighted by molar-refractivity contribution is 6.30. The molecule has 3 heterocycles. The Morgan fingerprint density at radius 1 is 1.05 bits per heavy atom. The number of hydroxylamine groups is 2. The summed E-state index contributed by atoms with van der Waals surface area (Å²) < 4.78 is 11.7. The van der Waals surface area contributed by atoms with Crippen LogP contribution in [0.15, 0.2) is 89.9 Å². The second-order valence-corrected chi connectivity index (χ2v) is 9.09. The number of phenols is 1. The number of methoxy groups -OCH3 is 1. The minimum absolute atomic E-state index is 0.00111. The van der Waals surface area contributed by atoms with E-state index in [4.69, 9.17) is 25.6 Å². The summed E-state index contributed by atoms with van der Waals surface area (Å²) in [5.74, 6) is -1.30. The van der Waals surface area contributed by atoms with Crippen molar-refractivity contribution >= 4 is 29.2 Å². The number of nitrogens with zero attached hydrogens (tertiary/aromatic N) is 4. The van der Waals surface area contributed by atoms with E-state index in [-0.39, 0.29) is 24.4 Å². The number of halogens is 1. The Balaban J connectivity index is 1.42. The van der Waals surface area contributed by atoms with Gasteiger partial charge in [0.2, 0.25) is 0 Å². The molecule has 11 heteroatoms.